The fourth-order valence-corrected chi connectivity index (χ4v) is 3.41. The van der Waals surface area contributed by atoms with Crippen molar-refractivity contribution in [2.24, 2.45) is 5.92 Å². The highest BCUT2D eigenvalue weighted by atomic mass is 16.5. The first-order chi connectivity index (χ1) is 13.7. The van der Waals surface area contributed by atoms with Crippen molar-refractivity contribution < 1.29 is 14.3 Å². The molecule has 1 atom stereocenters. The van der Waals surface area contributed by atoms with Gasteiger partial charge in [0.05, 0.1) is 13.2 Å². The summed E-state index contributed by atoms with van der Waals surface area (Å²) < 4.78 is 11.3. The quantitative estimate of drug-likeness (QED) is 0.637. The molecule has 28 heavy (non-hydrogen) atoms. The zero-order chi connectivity index (χ0) is 19.8. The SMILES string of the molecule is CCOc1ccccc1OCCCC(=O)Nc1ccc(N2CCC(C)C2)cc1. The molecule has 5 nitrogen and oxygen atoms in total. The lowest BCUT2D eigenvalue weighted by Gasteiger charge is -2.18. The number of rotatable bonds is 9. The molecule has 0 bridgehead atoms. The average molecular weight is 383 g/mol. The molecule has 5 heteroatoms. The predicted octanol–water partition coefficient (Wildman–Crippen LogP) is 4.73. The maximum Gasteiger partial charge on any atom is 0.224 e. The van der Waals surface area contributed by atoms with Gasteiger partial charge in [-0.1, -0.05) is 19.1 Å². The standard InChI is InChI=1S/C23H30N2O3/c1-3-27-21-7-4-5-8-22(21)28-16-6-9-23(26)24-19-10-12-20(13-11-19)25-15-14-18(2)17-25/h4-5,7-8,10-13,18H,3,6,9,14-17H2,1-2H3,(H,24,26). The fourth-order valence-electron chi connectivity index (χ4n) is 3.41. The second-order valence-corrected chi connectivity index (χ2v) is 7.27. The van der Waals surface area contributed by atoms with E-state index in [0.717, 1.165) is 36.2 Å². The molecule has 2 aromatic rings. The van der Waals surface area contributed by atoms with Crippen molar-refractivity contribution >= 4 is 17.3 Å². The number of hydrogen-bond donors (Lipinski definition) is 1. The van der Waals surface area contributed by atoms with Crippen LogP contribution in [0.5, 0.6) is 11.5 Å². The molecule has 2 aromatic carbocycles. The first-order valence-corrected chi connectivity index (χ1v) is 10.1. The van der Waals surface area contributed by atoms with Crippen molar-refractivity contribution in [3.8, 4) is 11.5 Å². The molecule has 1 N–H and O–H groups in total. The lowest BCUT2D eigenvalue weighted by atomic mass is 10.2. The van der Waals surface area contributed by atoms with E-state index in [1.165, 1.54) is 12.1 Å². The van der Waals surface area contributed by atoms with E-state index in [1.807, 2.05) is 43.3 Å². The second kappa shape index (κ2) is 10.0. The molecule has 0 saturated carbocycles. The monoisotopic (exact) mass is 382 g/mol. The van der Waals surface area contributed by atoms with Gasteiger partial charge in [-0.15, -0.1) is 0 Å². The topological polar surface area (TPSA) is 50.8 Å². The van der Waals surface area contributed by atoms with E-state index in [9.17, 15) is 4.79 Å². The Bertz CT molecular complexity index is 761. The van der Waals surface area contributed by atoms with Gasteiger partial charge in [-0.25, -0.2) is 0 Å². The van der Waals surface area contributed by atoms with Crippen LogP contribution in [0.3, 0.4) is 0 Å². The van der Waals surface area contributed by atoms with Crippen LogP contribution in [0.4, 0.5) is 11.4 Å². The number of amides is 1. The van der Waals surface area contributed by atoms with E-state index in [-0.39, 0.29) is 5.91 Å². The highest BCUT2D eigenvalue weighted by Gasteiger charge is 2.18. The molecule has 0 aliphatic carbocycles. The van der Waals surface area contributed by atoms with Gasteiger partial charge < -0.3 is 19.7 Å². The van der Waals surface area contributed by atoms with Crippen molar-refractivity contribution in [2.75, 3.05) is 36.5 Å². The van der Waals surface area contributed by atoms with Crippen LogP contribution in [-0.2, 0) is 4.79 Å². The molecule has 150 valence electrons. The van der Waals surface area contributed by atoms with E-state index >= 15 is 0 Å². The third-order valence-corrected chi connectivity index (χ3v) is 4.89. The molecule has 1 unspecified atom stereocenters. The van der Waals surface area contributed by atoms with Crippen molar-refractivity contribution in [3.63, 3.8) is 0 Å². The van der Waals surface area contributed by atoms with Gasteiger partial charge >= 0.3 is 0 Å². The number of carbonyl (C=O) groups excluding carboxylic acids is 1. The van der Waals surface area contributed by atoms with Crippen LogP contribution in [-0.4, -0.2) is 32.2 Å². The molecule has 1 fully saturated rings. The molecule has 1 saturated heterocycles. The van der Waals surface area contributed by atoms with Gasteiger partial charge in [0.15, 0.2) is 11.5 Å². The summed E-state index contributed by atoms with van der Waals surface area (Å²) in [5, 5.41) is 2.96. The fraction of sp³-hybridized carbons (Fsp3) is 0.435. The van der Waals surface area contributed by atoms with Gasteiger partial charge in [-0.2, -0.15) is 0 Å². The zero-order valence-electron chi connectivity index (χ0n) is 16.8. The molecule has 0 spiro atoms. The van der Waals surface area contributed by atoms with Crippen LogP contribution in [0.25, 0.3) is 0 Å². The molecule has 1 aliphatic rings. The largest absolute Gasteiger partial charge is 0.490 e. The number of nitrogens with zero attached hydrogens (tertiary/aromatic N) is 1. The van der Waals surface area contributed by atoms with Gasteiger partial charge in [0.1, 0.15) is 0 Å². The summed E-state index contributed by atoms with van der Waals surface area (Å²) in [4.78, 5) is 14.6. The maximum absolute atomic E-state index is 12.2. The number of benzene rings is 2. The van der Waals surface area contributed by atoms with E-state index in [1.54, 1.807) is 0 Å². The molecule has 3 rings (SSSR count). The van der Waals surface area contributed by atoms with Crippen molar-refractivity contribution in [3.05, 3.63) is 48.5 Å². The predicted molar refractivity (Wildman–Crippen MR) is 113 cm³/mol. The Morgan fingerprint density at radius 2 is 1.82 bits per heavy atom. The first kappa shape index (κ1) is 20.1. The van der Waals surface area contributed by atoms with E-state index in [0.29, 0.717) is 26.1 Å². The van der Waals surface area contributed by atoms with Gasteiger partial charge in [0.25, 0.3) is 0 Å². The Hall–Kier alpha value is -2.69. The van der Waals surface area contributed by atoms with Crippen LogP contribution in [0, 0.1) is 5.92 Å². The Kier molecular flexibility index (Phi) is 7.18. The van der Waals surface area contributed by atoms with Crippen LogP contribution < -0.4 is 19.7 Å². The zero-order valence-corrected chi connectivity index (χ0v) is 16.8. The Labute approximate surface area is 167 Å². The summed E-state index contributed by atoms with van der Waals surface area (Å²) in [6, 6.07) is 15.7. The minimum atomic E-state index is 0.00392. The molecular weight excluding hydrogens is 352 g/mol. The second-order valence-electron chi connectivity index (χ2n) is 7.27. The van der Waals surface area contributed by atoms with Gasteiger partial charge in [-0.3, -0.25) is 4.79 Å². The van der Waals surface area contributed by atoms with E-state index in [2.05, 4.69) is 29.3 Å². The molecular formula is C23H30N2O3. The number of anilines is 2. The summed E-state index contributed by atoms with van der Waals surface area (Å²) in [5.41, 5.74) is 2.06. The molecule has 1 amide bonds. The highest BCUT2D eigenvalue weighted by molar-refractivity contribution is 5.90. The van der Waals surface area contributed by atoms with Crippen LogP contribution in [0.1, 0.15) is 33.1 Å². The lowest BCUT2D eigenvalue weighted by molar-refractivity contribution is -0.116. The van der Waals surface area contributed by atoms with E-state index < -0.39 is 0 Å². The van der Waals surface area contributed by atoms with Gasteiger partial charge in [-0.05, 0) is 62.1 Å². The Morgan fingerprint density at radius 3 is 2.46 bits per heavy atom. The van der Waals surface area contributed by atoms with E-state index in [4.69, 9.17) is 9.47 Å². The number of carbonyl (C=O) groups is 1. The summed E-state index contributed by atoms with van der Waals surface area (Å²) >= 11 is 0. The number of nitrogens with one attached hydrogen (secondary N) is 1. The van der Waals surface area contributed by atoms with Crippen LogP contribution in [0.2, 0.25) is 0 Å². The average Bonchev–Trinajstić information content (AvgIpc) is 3.13. The normalized spacial score (nSPS) is 16.1. The van der Waals surface area contributed by atoms with Gasteiger partial charge in [0, 0.05) is 30.9 Å². The third kappa shape index (κ3) is 5.65. The smallest absolute Gasteiger partial charge is 0.224 e. The summed E-state index contributed by atoms with van der Waals surface area (Å²) in [5.74, 6) is 2.21. The molecule has 0 radical (unpaired) electrons. The highest BCUT2D eigenvalue weighted by Crippen LogP contribution is 2.27. The minimum absolute atomic E-state index is 0.00392. The number of hydrogen-bond acceptors (Lipinski definition) is 4. The van der Waals surface area contributed by atoms with Crippen molar-refractivity contribution in [1.29, 1.82) is 0 Å². The van der Waals surface area contributed by atoms with Crippen molar-refractivity contribution in [2.45, 2.75) is 33.1 Å². The maximum atomic E-state index is 12.2. The molecule has 0 aromatic heterocycles. The number of para-hydroxylation sites is 2. The minimum Gasteiger partial charge on any atom is -0.490 e. The third-order valence-electron chi connectivity index (χ3n) is 4.89. The van der Waals surface area contributed by atoms with Gasteiger partial charge in [0.2, 0.25) is 5.91 Å². The van der Waals surface area contributed by atoms with Crippen molar-refractivity contribution in [1.82, 2.24) is 0 Å². The molecule has 1 aliphatic heterocycles. The number of ether oxygens (including phenoxy) is 2. The summed E-state index contributed by atoms with van der Waals surface area (Å²) in [7, 11) is 0. The Balaban J connectivity index is 1.40. The summed E-state index contributed by atoms with van der Waals surface area (Å²) in [6.07, 6.45) is 2.31. The first-order valence-electron chi connectivity index (χ1n) is 10.1. The van der Waals surface area contributed by atoms with Crippen LogP contribution in [0.15, 0.2) is 48.5 Å². The lowest BCUT2D eigenvalue weighted by Crippen LogP contribution is -2.19. The van der Waals surface area contributed by atoms with Crippen LogP contribution >= 0.6 is 0 Å². The summed E-state index contributed by atoms with van der Waals surface area (Å²) in [6.45, 7) is 7.52. The molecule has 1 heterocycles. The Morgan fingerprint density at radius 1 is 1.11 bits per heavy atom.